The van der Waals surface area contributed by atoms with Gasteiger partial charge in [0.1, 0.15) is 0 Å². The van der Waals surface area contributed by atoms with Crippen LogP contribution >= 0.6 is 23.4 Å². The van der Waals surface area contributed by atoms with Gasteiger partial charge in [-0.3, -0.25) is 4.79 Å². The number of thioether (sulfide) groups is 1. The molecule has 1 N–H and O–H groups in total. The Balaban J connectivity index is 1.55. The molecular formula is C23H30ClN3O3S2. The lowest BCUT2D eigenvalue weighted by molar-refractivity contribution is -0.116. The van der Waals surface area contributed by atoms with Crippen molar-refractivity contribution < 1.29 is 13.2 Å². The van der Waals surface area contributed by atoms with Gasteiger partial charge in [-0.15, -0.1) is 0 Å². The van der Waals surface area contributed by atoms with Crippen molar-refractivity contribution in [3.63, 3.8) is 0 Å². The molecule has 1 aliphatic heterocycles. The SMILES string of the molecule is CCN(CC)S(=O)(=O)c1ccc(CCC(=O)Nc2ccc(N3CCSCC3)c(Cl)c2)cc1. The van der Waals surface area contributed by atoms with Gasteiger partial charge in [0.05, 0.1) is 15.6 Å². The Kier molecular flexibility index (Phi) is 8.87. The van der Waals surface area contributed by atoms with Crippen LogP contribution in [0.2, 0.25) is 5.02 Å². The van der Waals surface area contributed by atoms with Gasteiger partial charge in [-0.25, -0.2) is 8.42 Å². The summed E-state index contributed by atoms with van der Waals surface area (Å²) in [4.78, 5) is 15.0. The van der Waals surface area contributed by atoms with Gasteiger partial charge in [0.2, 0.25) is 15.9 Å². The molecule has 0 saturated carbocycles. The molecule has 0 spiro atoms. The first-order valence-corrected chi connectivity index (χ1v) is 13.8. The number of hydrogen-bond acceptors (Lipinski definition) is 5. The van der Waals surface area contributed by atoms with E-state index in [1.165, 1.54) is 4.31 Å². The third-order valence-electron chi connectivity index (χ3n) is 5.49. The fourth-order valence-corrected chi connectivity index (χ4v) is 6.33. The average Bonchev–Trinajstić information content (AvgIpc) is 2.79. The lowest BCUT2D eigenvalue weighted by Gasteiger charge is -2.29. The second kappa shape index (κ2) is 11.4. The normalized spacial score (nSPS) is 14.6. The van der Waals surface area contributed by atoms with Crippen LogP contribution in [0.3, 0.4) is 0 Å². The number of anilines is 2. The maximum Gasteiger partial charge on any atom is 0.243 e. The summed E-state index contributed by atoms with van der Waals surface area (Å²) in [7, 11) is -3.47. The molecule has 0 unspecified atom stereocenters. The van der Waals surface area contributed by atoms with E-state index in [2.05, 4.69) is 10.2 Å². The van der Waals surface area contributed by atoms with Crippen LogP contribution in [-0.4, -0.2) is 56.3 Å². The van der Waals surface area contributed by atoms with E-state index in [1.807, 2.05) is 37.7 Å². The molecule has 1 saturated heterocycles. The summed E-state index contributed by atoms with van der Waals surface area (Å²) < 4.78 is 26.6. The van der Waals surface area contributed by atoms with Crippen LogP contribution in [0.15, 0.2) is 47.4 Å². The van der Waals surface area contributed by atoms with Crippen LogP contribution in [0.1, 0.15) is 25.8 Å². The van der Waals surface area contributed by atoms with E-state index < -0.39 is 10.0 Å². The number of halogens is 1. The van der Waals surface area contributed by atoms with Gasteiger partial charge >= 0.3 is 0 Å². The largest absolute Gasteiger partial charge is 0.369 e. The lowest BCUT2D eigenvalue weighted by atomic mass is 10.1. The molecule has 32 heavy (non-hydrogen) atoms. The number of rotatable bonds is 9. The number of carbonyl (C=O) groups excluding carboxylic acids is 1. The van der Waals surface area contributed by atoms with Crippen molar-refractivity contribution in [3.8, 4) is 0 Å². The van der Waals surface area contributed by atoms with Crippen molar-refractivity contribution in [3.05, 3.63) is 53.1 Å². The molecule has 174 valence electrons. The van der Waals surface area contributed by atoms with E-state index in [0.29, 0.717) is 36.6 Å². The zero-order chi connectivity index (χ0) is 23.1. The monoisotopic (exact) mass is 495 g/mol. The maximum absolute atomic E-state index is 12.6. The molecule has 1 fully saturated rings. The summed E-state index contributed by atoms with van der Waals surface area (Å²) in [5.41, 5.74) is 2.59. The van der Waals surface area contributed by atoms with Crippen molar-refractivity contribution >= 4 is 50.7 Å². The number of benzene rings is 2. The molecular weight excluding hydrogens is 466 g/mol. The number of carbonyl (C=O) groups is 1. The van der Waals surface area contributed by atoms with Crippen molar-refractivity contribution in [2.45, 2.75) is 31.6 Å². The van der Waals surface area contributed by atoms with E-state index in [4.69, 9.17) is 11.6 Å². The third-order valence-corrected chi connectivity index (χ3v) is 8.80. The number of hydrogen-bond donors (Lipinski definition) is 1. The average molecular weight is 496 g/mol. The molecule has 0 bridgehead atoms. The second-order valence-electron chi connectivity index (χ2n) is 7.55. The van der Waals surface area contributed by atoms with E-state index >= 15 is 0 Å². The molecule has 0 atom stereocenters. The second-order valence-corrected chi connectivity index (χ2v) is 11.1. The Morgan fingerprint density at radius 3 is 2.34 bits per heavy atom. The summed E-state index contributed by atoms with van der Waals surface area (Å²) in [5.74, 6) is 2.08. The zero-order valence-corrected chi connectivity index (χ0v) is 20.9. The van der Waals surface area contributed by atoms with Crippen LogP contribution < -0.4 is 10.2 Å². The van der Waals surface area contributed by atoms with Gasteiger partial charge < -0.3 is 10.2 Å². The number of aryl methyl sites for hydroxylation is 1. The Morgan fingerprint density at radius 2 is 1.75 bits per heavy atom. The molecule has 0 radical (unpaired) electrons. The highest BCUT2D eigenvalue weighted by Crippen LogP contribution is 2.30. The molecule has 1 amide bonds. The van der Waals surface area contributed by atoms with Gasteiger partial charge in [-0.1, -0.05) is 37.6 Å². The predicted octanol–water partition coefficient (Wildman–Crippen LogP) is 4.50. The highest BCUT2D eigenvalue weighted by molar-refractivity contribution is 7.99. The standard InChI is InChI=1S/C23H30ClN3O3S2/c1-3-27(4-2)32(29,30)20-9-5-18(6-10-20)7-12-23(28)25-19-8-11-22(21(24)17-19)26-13-15-31-16-14-26/h5-6,8-11,17H,3-4,7,12-16H2,1-2H3,(H,25,28). The third kappa shape index (κ3) is 6.19. The van der Waals surface area contributed by atoms with Crippen molar-refractivity contribution in [1.29, 1.82) is 0 Å². The Morgan fingerprint density at radius 1 is 1.09 bits per heavy atom. The quantitative estimate of drug-likeness (QED) is 0.554. The Bertz CT molecular complexity index is 1020. The molecule has 3 rings (SSSR count). The van der Waals surface area contributed by atoms with Crippen LogP contribution in [0, 0.1) is 0 Å². The Labute approximate surface area is 200 Å². The summed E-state index contributed by atoms with van der Waals surface area (Å²) in [5, 5.41) is 3.54. The van der Waals surface area contributed by atoms with E-state index in [9.17, 15) is 13.2 Å². The van der Waals surface area contributed by atoms with E-state index in [-0.39, 0.29) is 10.8 Å². The van der Waals surface area contributed by atoms with Crippen LogP contribution in [0.5, 0.6) is 0 Å². The zero-order valence-electron chi connectivity index (χ0n) is 18.5. The van der Waals surface area contributed by atoms with Crippen molar-refractivity contribution in [2.75, 3.05) is 47.9 Å². The number of amides is 1. The summed E-state index contributed by atoms with van der Waals surface area (Å²) in [6, 6.07) is 12.4. The predicted molar refractivity (Wildman–Crippen MR) is 134 cm³/mol. The van der Waals surface area contributed by atoms with Crippen molar-refractivity contribution in [2.24, 2.45) is 0 Å². The molecule has 9 heteroatoms. The van der Waals surface area contributed by atoms with Crippen LogP contribution in [0.4, 0.5) is 11.4 Å². The van der Waals surface area contributed by atoms with Gasteiger partial charge in [0.25, 0.3) is 0 Å². The molecule has 1 aliphatic rings. The van der Waals surface area contributed by atoms with Crippen molar-refractivity contribution in [1.82, 2.24) is 4.31 Å². The lowest BCUT2D eigenvalue weighted by Crippen LogP contribution is -2.32. The van der Waals surface area contributed by atoms with Gasteiger partial charge in [0.15, 0.2) is 0 Å². The number of nitrogens with zero attached hydrogens (tertiary/aromatic N) is 2. The van der Waals surface area contributed by atoms with E-state index in [1.54, 1.807) is 30.3 Å². The minimum Gasteiger partial charge on any atom is -0.369 e. The first kappa shape index (κ1) is 24.9. The first-order chi connectivity index (χ1) is 15.3. The first-order valence-electron chi connectivity index (χ1n) is 10.9. The highest BCUT2D eigenvalue weighted by atomic mass is 35.5. The fraction of sp³-hybridized carbons (Fsp3) is 0.435. The molecule has 6 nitrogen and oxygen atoms in total. The van der Waals surface area contributed by atoms with E-state index in [0.717, 1.165) is 35.8 Å². The smallest absolute Gasteiger partial charge is 0.243 e. The van der Waals surface area contributed by atoms with Gasteiger partial charge in [-0.2, -0.15) is 16.1 Å². The molecule has 0 aromatic heterocycles. The minimum absolute atomic E-state index is 0.108. The van der Waals surface area contributed by atoms with Gasteiger partial charge in [-0.05, 0) is 42.3 Å². The highest BCUT2D eigenvalue weighted by Gasteiger charge is 2.21. The Hall–Kier alpha value is -1.74. The van der Waals surface area contributed by atoms with Gasteiger partial charge in [0, 0.05) is 49.8 Å². The maximum atomic E-state index is 12.6. The minimum atomic E-state index is -3.47. The summed E-state index contributed by atoms with van der Waals surface area (Å²) >= 11 is 8.41. The number of sulfonamides is 1. The molecule has 2 aromatic rings. The number of nitrogens with one attached hydrogen (secondary N) is 1. The fourth-order valence-electron chi connectivity index (χ4n) is 3.67. The topological polar surface area (TPSA) is 69.7 Å². The molecule has 0 aliphatic carbocycles. The molecule has 2 aromatic carbocycles. The summed E-state index contributed by atoms with van der Waals surface area (Å²) in [6.07, 6.45) is 0.819. The van der Waals surface area contributed by atoms with Crippen LogP contribution in [-0.2, 0) is 21.2 Å². The summed E-state index contributed by atoms with van der Waals surface area (Å²) in [6.45, 7) is 6.46. The molecule has 1 heterocycles. The van der Waals surface area contributed by atoms with Crippen LogP contribution in [0.25, 0.3) is 0 Å².